The number of aliphatic imine (C=N–C) groups is 1. The summed E-state index contributed by atoms with van der Waals surface area (Å²) in [6.07, 6.45) is 1.52. The summed E-state index contributed by atoms with van der Waals surface area (Å²) in [5.41, 5.74) is -0.0931. The second kappa shape index (κ2) is 8.27. The number of para-hydroxylation sites is 2. The van der Waals surface area contributed by atoms with Crippen LogP contribution in [0.2, 0.25) is 0 Å². The van der Waals surface area contributed by atoms with Crippen LogP contribution in [0.25, 0.3) is 0 Å². The molecule has 1 aliphatic heterocycles. The number of benzene rings is 1. The lowest BCUT2D eigenvalue weighted by molar-refractivity contribution is -0.383. The first kappa shape index (κ1) is 19.0. The first-order valence-corrected chi connectivity index (χ1v) is 9.75. The van der Waals surface area contributed by atoms with Crippen LogP contribution in [0, 0.1) is 10.1 Å². The molecule has 9 nitrogen and oxygen atoms in total. The lowest BCUT2D eigenvalue weighted by atomic mass is 10.2. The Hall–Kier alpha value is -2.79. The third-order valence-corrected chi connectivity index (χ3v) is 5.53. The molecular weight excluding hydrogens is 390 g/mol. The van der Waals surface area contributed by atoms with Gasteiger partial charge < -0.3 is 5.32 Å². The van der Waals surface area contributed by atoms with Gasteiger partial charge in [-0.3, -0.25) is 24.6 Å². The number of nitrogens with one attached hydrogen (secondary N) is 1. The van der Waals surface area contributed by atoms with Crippen LogP contribution in [0.1, 0.15) is 13.3 Å². The average molecular weight is 405 g/mol. The molecule has 140 valence electrons. The van der Waals surface area contributed by atoms with Crippen LogP contribution >= 0.6 is 23.1 Å². The quantitative estimate of drug-likeness (QED) is 0.583. The van der Waals surface area contributed by atoms with E-state index in [0.717, 1.165) is 0 Å². The van der Waals surface area contributed by atoms with Gasteiger partial charge in [-0.05, 0) is 13.0 Å². The predicted molar refractivity (Wildman–Crippen MR) is 104 cm³/mol. The molecule has 1 unspecified atom stereocenters. The van der Waals surface area contributed by atoms with E-state index < -0.39 is 16.1 Å². The summed E-state index contributed by atoms with van der Waals surface area (Å²) in [4.78, 5) is 45.3. The molecule has 3 rings (SSSR count). The number of thioether (sulfide) groups is 1. The molecule has 0 saturated carbocycles. The van der Waals surface area contributed by atoms with Crippen molar-refractivity contribution in [1.29, 1.82) is 0 Å². The minimum atomic E-state index is -0.633. The number of thiazole rings is 1. The van der Waals surface area contributed by atoms with Crippen LogP contribution in [0.4, 0.5) is 16.5 Å². The highest BCUT2D eigenvalue weighted by Gasteiger charge is 2.38. The maximum absolute atomic E-state index is 12.6. The Morgan fingerprint density at radius 1 is 1.44 bits per heavy atom. The molecule has 1 aliphatic rings. The number of carbonyl (C=O) groups is 2. The highest BCUT2D eigenvalue weighted by atomic mass is 32.2. The fraction of sp³-hybridized carbons (Fsp3) is 0.250. The number of amides is 2. The van der Waals surface area contributed by atoms with Crippen molar-refractivity contribution in [3.05, 3.63) is 46.0 Å². The van der Waals surface area contributed by atoms with E-state index in [1.54, 1.807) is 17.6 Å². The highest BCUT2D eigenvalue weighted by molar-refractivity contribution is 8.15. The second-order valence-electron chi connectivity index (χ2n) is 5.42. The van der Waals surface area contributed by atoms with Crippen LogP contribution in [0.15, 0.2) is 40.8 Å². The number of nitro groups is 1. The number of nitrogens with zero attached hydrogens (tertiary/aromatic N) is 4. The summed E-state index contributed by atoms with van der Waals surface area (Å²) in [5, 5.41) is 15.8. The number of carbonyl (C=O) groups excluding carboxylic acids is 2. The summed E-state index contributed by atoms with van der Waals surface area (Å²) < 4.78 is 0. The average Bonchev–Trinajstić information content (AvgIpc) is 3.24. The zero-order chi connectivity index (χ0) is 19.4. The zero-order valence-electron chi connectivity index (χ0n) is 14.2. The Labute approximate surface area is 162 Å². The molecule has 0 radical (unpaired) electrons. The normalized spacial score (nSPS) is 18.1. The molecule has 1 atom stereocenters. The number of hydrogen-bond acceptors (Lipinski definition) is 8. The molecule has 1 fully saturated rings. The predicted octanol–water partition coefficient (Wildman–Crippen LogP) is 3.03. The summed E-state index contributed by atoms with van der Waals surface area (Å²) >= 11 is 2.55. The van der Waals surface area contributed by atoms with Gasteiger partial charge >= 0.3 is 0 Å². The van der Waals surface area contributed by atoms with Crippen LogP contribution in [0.3, 0.4) is 0 Å². The first-order chi connectivity index (χ1) is 13.0. The molecule has 1 aromatic heterocycles. The SMILES string of the molecule is CCN1C(=O)C(CC(=O)Nc2ccccc2[N+](=O)[O-])S/C1=N\c1nccs1. The van der Waals surface area contributed by atoms with Crippen LogP contribution in [0.5, 0.6) is 0 Å². The molecule has 27 heavy (non-hydrogen) atoms. The molecule has 1 N–H and O–H groups in total. The first-order valence-electron chi connectivity index (χ1n) is 7.99. The van der Waals surface area contributed by atoms with Gasteiger partial charge in [0.25, 0.3) is 5.69 Å². The van der Waals surface area contributed by atoms with Crippen molar-refractivity contribution in [2.45, 2.75) is 18.6 Å². The summed E-state index contributed by atoms with van der Waals surface area (Å²) in [7, 11) is 0. The molecule has 2 aromatic rings. The standard InChI is InChI=1S/C16H15N5O4S2/c1-2-20-14(23)12(27-16(20)19-15-17-7-8-26-15)9-13(22)18-10-5-3-4-6-11(10)21(24)25/h3-8,12H,2,9H2,1H3,(H,18,22)/b19-16-. The van der Waals surface area contributed by atoms with Crippen LogP contribution < -0.4 is 5.32 Å². The van der Waals surface area contributed by atoms with Gasteiger partial charge in [0, 0.05) is 30.6 Å². The zero-order valence-corrected chi connectivity index (χ0v) is 15.8. The van der Waals surface area contributed by atoms with Crippen molar-refractivity contribution in [2.24, 2.45) is 4.99 Å². The van der Waals surface area contributed by atoms with Crippen molar-refractivity contribution in [2.75, 3.05) is 11.9 Å². The van der Waals surface area contributed by atoms with E-state index in [9.17, 15) is 19.7 Å². The number of rotatable bonds is 6. The lowest BCUT2D eigenvalue weighted by Crippen LogP contribution is -2.33. The van der Waals surface area contributed by atoms with Crippen molar-refractivity contribution >= 4 is 56.6 Å². The van der Waals surface area contributed by atoms with E-state index in [0.29, 0.717) is 16.8 Å². The lowest BCUT2D eigenvalue weighted by Gasteiger charge is -2.12. The van der Waals surface area contributed by atoms with Gasteiger partial charge in [-0.2, -0.15) is 4.99 Å². The number of anilines is 1. The van der Waals surface area contributed by atoms with Crippen molar-refractivity contribution in [3.8, 4) is 0 Å². The van der Waals surface area contributed by atoms with E-state index in [1.807, 2.05) is 6.92 Å². The Morgan fingerprint density at radius 3 is 2.89 bits per heavy atom. The monoisotopic (exact) mass is 405 g/mol. The van der Waals surface area contributed by atoms with E-state index in [2.05, 4.69) is 15.3 Å². The smallest absolute Gasteiger partial charge is 0.292 e. The van der Waals surface area contributed by atoms with Gasteiger partial charge in [-0.25, -0.2) is 4.98 Å². The minimum absolute atomic E-state index is 0.104. The van der Waals surface area contributed by atoms with Crippen LogP contribution in [-0.2, 0) is 9.59 Å². The summed E-state index contributed by atoms with van der Waals surface area (Å²) in [6, 6.07) is 5.87. The van der Waals surface area contributed by atoms with Crippen LogP contribution in [-0.4, -0.2) is 43.6 Å². The number of nitro benzene ring substituents is 1. The summed E-state index contributed by atoms with van der Waals surface area (Å²) in [5.74, 6) is -0.683. The Morgan fingerprint density at radius 2 is 2.22 bits per heavy atom. The molecule has 0 bridgehead atoms. The summed E-state index contributed by atoms with van der Waals surface area (Å²) in [6.45, 7) is 2.25. The number of amidine groups is 1. The van der Waals surface area contributed by atoms with Gasteiger partial charge in [0.1, 0.15) is 10.9 Å². The molecule has 1 saturated heterocycles. The molecular formula is C16H15N5O4S2. The van der Waals surface area contributed by atoms with Gasteiger partial charge in [0.15, 0.2) is 5.17 Å². The highest BCUT2D eigenvalue weighted by Crippen LogP contribution is 2.32. The molecule has 1 aromatic carbocycles. The Kier molecular flexibility index (Phi) is 5.81. The number of hydrogen-bond donors (Lipinski definition) is 1. The van der Waals surface area contributed by atoms with Gasteiger partial charge in [-0.15, -0.1) is 11.3 Å². The third-order valence-electron chi connectivity index (χ3n) is 3.69. The topological polar surface area (TPSA) is 118 Å². The largest absolute Gasteiger partial charge is 0.320 e. The maximum Gasteiger partial charge on any atom is 0.292 e. The van der Waals surface area contributed by atoms with Crippen molar-refractivity contribution in [1.82, 2.24) is 9.88 Å². The van der Waals surface area contributed by atoms with E-state index >= 15 is 0 Å². The molecule has 2 heterocycles. The fourth-order valence-electron chi connectivity index (χ4n) is 2.48. The van der Waals surface area contributed by atoms with Gasteiger partial charge in [-0.1, -0.05) is 23.9 Å². The minimum Gasteiger partial charge on any atom is -0.320 e. The molecule has 11 heteroatoms. The Balaban J connectivity index is 1.71. The van der Waals surface area contributed by atoms with E-state index in [4.69, 9.17) is 0 Å². The maximum atomic E-state index is 12.6. The molecule has 0 spiro atoms. The second-order valence-corrected chi connectivity index (χ2v) is 7.47. The van der Waals surface area contributed by atoms with Crippen molar-refractivity contribution < 1.29 is 14.5 Å². The number of aromatic nitrogens is 1. The molecule has 0 aliphatic carbocycles. The Bertz CT molecular complexity index is 900. The third kappa shape index (κ3) is 4.31. The van der Waals surface area contributed by atoms with E-state index in [-0.39, 0.29) is 23.7 Å². The molecule has 2 amide bonds. The van der Waals surface area contributed by atoms with Gasteiger partial charge in [0.05, 0.1) is 4.92 Å². The fourth-order valence-corrected chi connectivity index (χ4v) is 4.24. The van der Waals surface area contributed by atoms with Crippen molar-refractivity contribution in [3.63, 3.8) is 0 Å². The van der Waals surface area contributed by atoms with Gasteiger partial charge in [0.2, 0.25) is 16.9 Å². The van der Waals surface area contributed by atoms with E-state index in [1.165, 1.54) is 46.2 Å².